The molecule has 2 aromatic rings. The predicted octanol–water partition coefficient (Wildman–Crippen LogP) is 2.15. The Hall–Kier alpha value is -2.13. The Balaban J connectivity index is 2.34. The molecule has 0 aliphatic carbocycles. The Bertz CT molecular complexity index is 644. The summed E-state index contributed by atoms with van der Waals surface area (Å²) in [5, 5.41) is 11.7. The van der Waals surface area contributed by atoms with E-state index in [0.717, 1.165) is 10.2 Å². The van der Waals surface area contributed by atoms with Crippen molar-refractivity contribution < 1.29 is 0 Å². The molecule has 1 heterocycles. The average Bonchev–Trinajstić information content (AvgIpc) is 2.28. The number of nitrogens with zero attached hydrogens (tertiary/aromatic N) is 2. The van der Waals surface area contributed by atoms with E-state index < -0.39 is 5.69 Å². The van der Waals surface area contributed by atoms with Gasteiger partial charge in [0.25, 0.3) is 0 Å². The summed E-state index contributed by atoms with van der Waals surface area (Å²) in [5.41, 5.74) is 0.394. The quantitative estimate of drug-likeness (QED) is 0.888. The summed E-state index contributed by atoms with van der Waals surface area (Å²) in [6.45, 7) is 0. The number of rotatable bonds is 2. The number of H-pyrrole nitrogens is 1. The number of halogens is 1. The summed E-state index contributed by atoms with van der Waals surface area (Å²) < 4.78 is 0.910. The molecule has 0 amide bonds. The van der Waals surface area contributed by atoms with Gasteiger partial charge in [-0.25, -0.2) is 4.79 Å². The fourth-order valence-electron chi connectivity index (χ4n) is 1.30. The van der Waals surface area contributed by atoms with Crippen LogP contribution in [0.3, 0.4) is 0 Å². The van der Waals surface area contributed by atoms with E-state index in [9.17, 15) is 4.79 Å². The molecule has 0 aliphatic heterocycles. The molecular weight excluding hydrogens is 284 g/mol. The van der Waals surface area contributed by atoms with Gasteiger partial charge < -0.3 is 5.32 Å². The van der Waals surface area contributed by atoms with E-state index >= 15 is 0 Å². The lowest BCUT2D eigenvalue weighted by Crippen LogP contribution is -2.13. The van der Waals surface area contributed by atoms with Crippen LogP contribution >= 0.6 is 15.9 Å². The summed E-state index contributed by atoms with van der Waals surface area (Å²) in [6.07, 6.45) is 0. The fourth-order valence-corrected chi connectivity index (χ4v) is 1.70. The highest BCUT2D eigenvalue weighted by atomic mass is 79.9. The standard InChI is InChI=1S/C11H7BrN4O/c12-7-2-1-3-8(4-7)14-10-5-9(6-13)15-11(17)16-10/h1-5H,(H2,14,15,16,17). The van der Waals surface area contributed by atoms with Gasteiger partial charge in [0.15, 0.2) is 0 Å². The van der Waals surface area contributed by atoms with Gasteiger partial charge in [-0.1, -0.05) is 22.0 Å². The predicted molar refractivity (Wildman–Crippen MR) is 67.0 cm³/mol. The van der Waals surface area contributed by atoms with Crippen molar-refractivity contribution in [1.29, 1.82) is 5.26 Å². The molecule has 17 heavy (non-hydrogen) atoms. The second-order valence-electron chi connectivity index (χ2n) is 3.23. The van der Waals surface area contributed by atoms with Crippen LogP contribution in [0.1, 0.15) is 5.69 Å². The summed E-state index contributed by atoms with van der Waals surface area (Å²) in [4.78, 5) is 17.2. The lowest BCUT2D eigenvalue weighted by atomic mass is 10.3. The number of nitriles is 1. The number of anilines is 2. The van der Waals surface area contributed by atoms with Crippen molar-refractivity contribution in [1.82, 2.24) is 9.97 Å². The Labute approximate surface area is 105 Å². The van der Waals surface area contributed by atoms with E-state index in [-0.39, 0.29) is 5.69 Å². The highest BCUT2D eigenvalue weighted by molar-refractivity contribution is 9.10. The molecule has 0 fully saturated rings. The first-order valence-corrected chi connectivity index (χ1v) is 5.51. The zero-order valence-electron chi connectivity index (χ0n) is 8.57. The zero-order valence-corrected chi connectivity index (χ0v) is 10.2. The van der Waals surface area contributed by atoms with Crippen LogP contribution in [-0.2, 0) is 0 Å². The minimum Gasteiger partial charge on any atom is -0.340 e. The molecule has 1 aromatic heterocycles. The lowest BCUT2D eigenvalue weighted by Gasteiger charge is -2.05. The maximum absolute atomic E-state index is 11.2. The van der Waals surface area contributed by atoms with E-state index in [0.29, 0.717) is 5.82 Å². The molecule has 1 aromatic carbocycles. The fraction of sp³-hybridized carbons (Fsp3) is 0. The number of aromatic amines is 1. The topological polar surface area (TPSA) is 81.6 Å². The van der Waals surface area contributed by atoms with Gasteiger partial charge in [0.05, 0.1) is 0 Å². The third-order valence-corrected chi connectivity index (χ3v) is 2.46. The number of hydrogen-bond acceptors (Lipinski definition) is 4. The van der Waals surface area contributed by atoms with Crippen molar-refractivity contribution in [2.24, 2.45) is 0 Å². The lowest BCUT2D eigenvalue weighted by molar-refractivity contribution is 1.06. The Morgan fingerprint density at radius 2 is 2.24 bits per heavy atom. The van der Waals surface area contributed by atoms with E-state index in [1.54, 1.807) is 0 Å². The van der Waals surface area contributed by atoms with Crippen LogP contribution < -0.4 is 11.0 Å². The van der Waals surface area contributed by atoms with Crippen molar-refractivity contribution in [2.45, 2.75) is 0 Å². The van der Waals surface area contributed by atoms with Crippen LogP contribution in [0.15, 0.2) is 39.6 Å². The molecule has 0 saturated carbocycles. The van der Waals surface area contributed by atoms with Gasteiger partial charge in [0.2, 0.25) is 0 Å². The maximum atomic E-state index is 11.2. The molecular formula is C11H7BrN4O. The third-order valence-electron chi connectivity index (χ3n) is 1.96. The second kappa shape index (κ2) is 4.80. The van der Waals surface area contributed by atoms with E-state index in [1.165, 1.54) is 6.07 Å². The average molecular weight is 291 g/mol. The Morgan fingerprint density at radius 3 is 2.94 bits per heavy atom. The molecule has 0 aliphatic rings. The molecule has 0 unspecified atom stereocenters. The van der Waals surface area contributed by atoms with Crippen molar-refractivity contribution in [3.05, 3.63) is 51.0 Å². The number of benzene rings is 1. The van der Waals surface area contributed by atoms with Gasteiger partial charge in [0, 0.05) is 16.2 Å². The molecule has 5 nitrogen and oxygen atoms in total. The van der Waals surface area contributed by atoms with Crippen LogP contribution in [-0.4, -0.2) is 9.97 Å². The van der Waals surface area contributed by atoms with Crippen LogP contribution in [0, 0.1) is 11.3 Å². The normalized spacial score (nSPS) is 9.65. The minimum atomic E-state index is -0.554. The van der Waals surface area contributed by atoms with Gasteiger partial charge >= 0.3 is 5.69 Å². The molecule has 6 heteroatoms. The maximum Gasteiger partial charge on any atom is 0.347 e. The van der Waals surface area contributed by atoms with Crippen LogP contribution in [0.2, 0.25) is 0 Å². The zero-order chi connectivity index (χ0) is 12.3. The highest BCUT2D eigenvalue weighted by Gasteiger charge is 2.01. The Morgan fingerprint density at radius 1 is 1.41 bits per heavy atom. The smallest absolute Gasteiger partial charge is 0.340 e. The summed E-state index contributed by atoms with van der Waals surface area (Å²) in [7, 11) is 0. The van der Waals surface area contributed by atoms with Gasteiger partial charge in [-0.3, -0.25) is 4.98 Å². The van der Waals surface area contributed by atoms with Gasteiger partial charge in [0.1, 0.15) is 17.6 Å². The Kier molecular flexibility index (Phi) is 3.21. The van der Waals surface area contributed by atoms with E-state index in [2.05, 4.69) is 31.2 Å². The molecule has 0 radical (unpaired) electrons. The summed E-state index contributed by atoms with van der Waals surface area (Å²) in [6, 6.07) is 10.7. The summed E-state index contributed by atoms with van der Waals surface area (Å²) in [5.74, 6) is 0.336. The molecule has 0 atom stereocenters. The first kappa shape index (κ1) is 11.4. The number of nitrogens with one attached hydrogen (secondary N) is 2. The first-order valence-electron chi connectivity index (χ1n) is 4.71. The SMILES string of the molecule is N#Cc1cc(Nc2cccc(Br)c2)nc(=O)[nH]1. The molecule has 0 spiro atoms. The molecule has 0 bridgehead atoms. The van der Waals surface area contributed by atoms with Crippen molar-refractivity contribution in [3.8, 4) is 6.07 Å². The van der Waals surface area contributed by atoms with Crippen LogP contribution in [0.4, 0.5) is 11.5 Å². The van der Waals surface area contributed by atoms with Gasteiger partial charge in [-0.2, -0.15) is 10.2 Å². The molecule has 2 rings (SSSR count). The molecule has 0 saturated heterocycles. The van der Waals surface area contributed by atoms with Crippen LogP contribution in [0.25, 0.3) is 0 Å². The van der Waals surface area contributed by atoms with E-state index in [4.69, 9.17) is 5.26 Å². The van der Waals surface area contributed by atoms with Gasteiger partial charge in [-0.15, -0.1) is 0 Å². The van der Waals surface area contributed by atoms with Crippen molar-refractivity contribution >= 4 is 27.4 Å². The van der Waals surface area contributed by atoms with Gasteiger partial charge in [-0.05, 0) is 18.2 Å². The monoisotopic (exact) mass is 290 g/mol. The minimum absolute atomic E-state index is 0.169. The van der Waals surface area contributed by atoms with Crippen molar-refractivity contribution in [3.63, 3.8) is 0 Å². The largest absolute Gasteiger partial charge is 0.347 e. The number of aromatic nitrogens is 2. The molecule has 2 N–H and O–H groups in total. The molecule has 84 valence electrons. The third kappa shape index (κ3) is 2.92. The van der Waals surface area contributed by atoms with E-state index in [1.807, 2.05) is 30.3 Å². The second-order valence-corrected chi connectivity index (χ2v) is 4.15. The van der Waals surface area contributed by atoms with Crippen LogP contribution in [0.5, 0.6) is 0 Å². The van der Waals surface area contributed by atoms with Crippen molar-refractivity contribution in [2.75, 3.05) is 5.32 Å². The number of hydrogen-bond donors (Lipinski definition) is 2. The summed E-state index contributed by atoms with van der Waals surface area (Å²) >= 11 is 3.34. The highest BCUT2D eigenvalue weighted by Crippen LogP contribution is 2.18. The first-order chi connectivity index (χ1) is 8.17.